The van der Waals surface area contributed by atoms with Crippen LogP contribution < -0.4 is 20.5 Å². The Morgan fingerprint density at radius 2 is 2.00 bits per heavy atom. The third kappa shape index (κ3) is 5.56. The maximum absolute atomic E-state index is 12.2. The molecule has 1 atom stereocenters. The van der Waals surface area contributed by atoms with E-state index in [2.05, 4.69) is 5.32 Å². The number of Topliss-reactive ketones (excluding diaryl/α,β-unsaturated/α-hetero) is 1. The van der Waals surface area contributed by atoms with Crippen molar-refractivity contribution in [3.05, 3.63) is 23.8 Å². The molecule has 3 N–H and O–H groups in total. The Balaban J connectivity index is 1.93. The molecule has 1 aliphatic rings. The number of carbonyl (C=O) groups is 3. The fourth-order valence-corrected chi connectivity index (χ4v) is 2.67. The molecule has 1 heterocycles. The number of hydrogen-bond donors (Lipinski definition) is 2. The molecule has 0 spiro atoms. The summed E-state index contributed by atoms with van der Waals surface area (Å²) in [6, 6.07) is 3.08. The molecule has 9 heteroatoms. The molecule has 0 aliphatic carbocycles. The Labute approximate surface area is 149 Å². The van der Waals surface area contributed by atoms with Crippen LogP contribution in [0.15, 0.2) is 18.2 Å². The van der Waals surface area contributed by atoms with Gasteiger partial charge in [-0.05, 0) is 36.6 Å². The Bertz CT molecular complexity index is 652. The van der Waals surface area contributed by atoms with Gasteiger partial charge in [0.05, 0.1) is 0 Å². The molecule has 8 nitrogen and oxygen atoms in total. The first-order chi connectivity index (χ1) is 12.0. The predicted molar refractivity (Wildman–Crippen MR) is 92.2 cm³/mol. The van der Waals surface area contributed by atoms with Crippen LogP contribution in [0.2, 0.25) is 0 Å². The lowest BCUT2D eigenvalue weighted by Gasteiger charge is -2.19. The lowest BCUT2D eigenvalue weighted by atomic mass is 10.1. The molecule has 0 aromatic heterocycles. The van der Waals surface area contributed by atoms with Gasteiger partial charge < -0.3 is 25.3 Å². The normalized spacial score (nSPS) is 13.6. The first-order valence-electron chi connectivity index (χ1n) is 7.65. The molecular formula is C16H20N2O6S. The number of fused-ring (bicyclic) bond motifs is 1. The van der Waals surface area contributed by atoms with E-state index < -0.39 is 24.6 Å². The number of ether oxygens (including phenoxy) is 3. The summed E-state index contributed by atoms with van der Waals surface area (Å²) in [5.74, 6) is 0.613. The van der Waals surface area contributed by atoms with Gasteiger partial charge in [0.1, 0.15) is 19.3 Å². The molecule has 0 fully saturated rings. The molecule has 2 amide bonds. The fraction of sp³-hybridized carbons (Fsp3) is 0.438. The van der Waals surface area contributed by atoms with Crippen molar-refractivity contribution in [2.75, 3.05) is 31.8 Å². The minimum Gasteiger partial charge on any atom is -0.486 e. The highest BCUT2D eigenvalue weighted by atomic mass is 32.2. The van der Waals surface area contributed by atoms with Crippen molar-refractivity contribution in [3.8, 4) is 11.5 Å². The predicted octanol–water partition coefficient (Wildman–Crippen LogP) is 0.974. The largest absolute Gasteiger partial charge is 0.486 e. The number of nitrogens with one attached hydrogen (secondary N) is 1. The third-order valence-corrected chi connectivity index (χ3v) is 4.07. The van der Waals surface area contributed by atoms with Gasteiger partial charge in [-0.2, -0.15) is 11.8 Å². The Hall–Kier alpha value is -2.42. The Morgan fingerprint density at radius 3 is 2.68 bits per heavy atom. The number of carbonyl (C=O) groups excluding carboxylic acids is 3. The smallest absolute Gasteiger partial charge is 0.329 e. The monoisotopic (exact) mass is 368 g/mol. The minimum absolute atomic E-state index is 0.348. The van der Waals surface area contributed by atoms with Crippen molar-refractivity contribution >= 4 is 29.5 Å². The number of amides is 2. The number of nitrogens with two attached hydrogens (primary N) is 1. The quantitative estimate of drug-likeness (QED) is 0.519. The summed E-state index contributed by atoms with van der Waals surface area (Å²) in [6.07, 6.45) is 2.24. The third-order valence-electron chi connectivity index (χ3n) is 3.42. The van der Waals surface area contributed by atoms with Gasteiger partial charge in [-0.25, -0.2) is 9.59 Å². The second kappa shape index (κ2) is 9.16. The maximum atomic E-state index is 12.2. The lowest BCUT2D eigenvalue weighted by molar-refractivity contribution is -0.144. The van der Waals surface area contributed by atoms with Gasteiger partial charge in [-0.3, -0.25) is 4.79 Å². The van der Waals surface area contributed by atoms with Gasteiger partial charge in [-0.15, -0.1) is 0 Å². The Morgan fingerprint density at radius 1 is 1.28 bits per heavy atom. The number of hydrogen-bond acceptors (Lipinski definition) is 7. The number of ketones is 1. The molecule has 0 radical (unpaired) electrons. The summed E-state index contributed by atoms with van der Waals surface area (Å²) in [6.45, 7) is 0.437. The molecular weight excluding hydrogens is 348 g/mol. The molecule has 0 bridgehead atoms. The number of urea groups is 1. The summed E-state index contributed by atoms with van der Waals surface area (Å²) in [5.41, 5.74) is 5.41. The zero-order valence-corrected chi connectivity index (χ0v) is 14.6. The van der Waals surface area contributed by atoms with Crippen LogP contribution in [0.4, 0.5) is 4.79 Å². The van der Waals surface area contributed by atoms with E-state index in [0.717, 1.165) is 0 Å². The van der Waals surface area contributed by atoms with Gasteiger partial charge in [0.2, 0.25) is 0 Å². The molecule has 0 saturated carbocycles. The van der Waals surface area contributed by atoms with Crippen LogP contribution in [0.3, 0.4) is 0 Å². The van der Waals surface area contributed by atoms with Crippen LogP contribution in [-0.4, -0.2) is 55.7 Å². The van der Waals surface area contributed by atoms with E-state index in [1.807, 2.05) is 6.26 Å². The van der Waals surface area contributed by atoms with E-state index in [1.54, 1.807) is 18.2 Å². The first kappa shape index (κ1) is 18.9. The van der Waals surface area contributed by atoms with Crippen molar-refractivity contribution in [1.29, 1.82) is 0 Å². The van der Waals surface area contributed by atoms with Crippen LogP contribution in [0.25, 0.3) is 0 Å². The highest BCUT2D eigenvalue weighted by molar-refractivity contribution is 7.98. The van der Waals surface area contributed by atoms with Gasteiger partial charge in [0, 0.05) is 5.56 Å². The highest BCUT2D eigenvalue weighted by Gasteiger charge is 2.22. The fourth-order valence-electron chi connectivity index (χ4n) is 2.19. The van der Waals surface area contributed by atoms with Crippen molar-refractivity contribution in [3.63, 3.8) is 0 Å². The van der Waals surface area contributed by atoms with E-state index in [-0.39, 0.29) is 5.78 Å². The summed E-state index contributed by atoms with van der Waals surface area (Å²) >= 11 is 1.52. The van der Waals surface area contributed by atoms with Crippen LogP contribution in [0.5, 0.6) is 11.5 Å². The summed E-state index contributed by atoms with van der Waals surface area (Å²) in [5, 5.41) is 2.32. The lowest BCUT2D eigenvalue weighted by Crippen LogP contribution is -2.45. The van der Waals surface area contributed by atoms with Gasteiger partial charge in [-0.1, -0.05) is 0 Å². The van der Waals surface area contributed by atoms with Crippen molar-refractivity contribution in [1.82, 2.24) is 5.32 Å². The molecule has 136 valence electrons. The molecule has 25 heavy (non-hydrogen) atoms. The van der Waals surface area contributed by atoms with Crippen LogP contribution in [-0.2, 0) is 9.53 Å². The van der Waals surface area contributed by atoms with E-state index in [0.29, 0.717) is 42.4 Å². The van der Waals surface area contributed by atoms with E-state index in [4.69, 9.17) is 19.9 Å². The SMILES string of the molecule is CSCC[C@H](NC(N)=O)C(=O)OCC(=O)c1ccc2c(c1)OCCO2. The summed E-state index contributed by atoms with van der Waals surface area (Å²) in [4.78, 5) is 35.2. The standard InChI is InChI=1S/C16H20N2O6S/c1-25-7-4-11(18-16(17)21)15(20)24-9-12(19)10-2-3-13-14(8-10)23-6-5-22-13/h2-3,8,11H,4-7,9H2,1H3,(H3,17,18,21)/t11-/m0/s1. The second-order valence-electron chi connectivity index (χ2n) is 5.23. The summed E-state index contributed by atoms with van der Waals surface area (Å²) in [7, 11) is 0. The van der Waals surface area contributed by atoms with Crippen molar-refractivity contribution in [2.24, 2.45) is 5.73 Å². The zero-order valence-electron chi connectivity index (χ0n) is 13.8. The molecule has 0 saturated heterocycles. The van der Waals surface area contributed by atoms with Gasteiger partial charge in [0.25, 0.3) is 0 Å². The van der Waals surface area contributed by atoms with Crippen molar-refractivity contribution in [2.45, 2.75) is 12.5 Å². The average Bonchev–Trinajstić information content (AvgIpc) is 2.62. The number of primary amides is 1. The molecule has 0 unspecified atom stereocenters. The highest BCUT2D eigenvalue weighted by Crippen LogP contribution is 2.30. The Kier molecular flexibility index (Phi) is 6.93. The first-order valence-corrected chi connectivity index (χ1v) is 9.05. The maximum Gasteiger partial charge on any atom is 0.329 e. The molecule has 1 aliphatic heterocycles. The molecule has 2 rings (SSSR count). The summed E-state index contributed by atoms with van der Waals surface area (Å²) < 4.78 is 15.8. The number of benzene rings is 1. The number of esters is 1. The molecule has 1 aromatic carbocycles. The van der Waals surface area contributed by atoms with E-state index in [9.17, 15) is 14.4 Å². The van der Waals surface area contributed by atoms with Gasteiger partial charge in [0.15, 0.2) is 23.9 Å². The topological polar surface area (TPSA) is 117 Å². The molecule has 1 aromatic rings. The van der Waals surface area contributed by atoms with Crippen LogP contribution in [0, 0.1) is 0 Å². The van der Waals surface area contributed by atoms with E-state index >= 15 is 0 Å². The number of rotatable bonds is 8. The number of thioether (sulfide) groups is 1. The zero-order chi connectivity index (χ0) is 18.2. The van der Waals surface area contributed by atoms with Crippen LogP contribution in [0.1, 0.15) is 16.8 Å². The second-order valence-corrected chi connectivity index (χ2v) is 6.22. The van der Waals surface area contributed by atoms with Crippen LogP contribution >= 0.6 is 11.8 Å². The average molecular weight is 368 g/mol. The van der Waals surface area contributed by atoms with E-state index in [1.165, 1.54) is 11.8 Å². The van der Waals surface area contributed by atoms with Gasteiger partial charge >= 0.3 is 12.0 Å². The minimum atomic E-state index is -0.877. The van der Waals surface area contributed by atoms with Crippen molar-refractivity contribution < 1.29 is 28.6 Å².